The SMILES string of the molecule is OC1=C(c2cccc(C(F)(F)F)c2)C[n+]2ccccc2N1Cc1ccc(N2CCCC2)nc1. The van der Waals surface area contributed by atoms with E-state index in [4.69, 9.17) is 0 Å². The number of nitrogens with zero attached hydrogens (tertiary/aromatic N) is 4. The highest BCUT2D eigenvalue weighted by Crippen LogP contribution is 2.34. The third-order valence-corrected chi connectivity index (χ3v) is 6.17. The van der Waals surface area contributed by atoms with E-state index < -0.39 is 11.7 Å². The van der Waals surface area contributed by atoms with E-state index in [1.165, 1.54) is 18.9 Å². The molecule has 0 unspecified atom stereocenters. The second kappa shape index (κ2) is 8.42. The van der Waals surface area contributed by atoms with Crippen LogP contribution in [0.25, 0.3) is 5.57 Å². The summed E-state index contributed by atoms with van der Waals surface area (Å²) >= 11 is 0. The number of halogens is 3. The Kier molecular flexibility index (Phi) is 5.44. The van der Waals surface area contributed by atoms with Crippen LogP contribution in [0.2, 0.25) is 0 Å². The van der Waals surface area contributed by atoms with Crippen molar-refractivity contribution < 1.29 is 22.8 Å². The number of allylic oxidation sites excluding steroid dienone is 1. The molecule has 0 saturated carbocycles. The van der Waals surface area contributed by atoms with Gasteiger partial charge in [0.1, 0.15) is 18.9 Å². The van der Waals surface area contributed by atoms with Crippen LogP contribution >= 0.6 is 0 Å². The van der Waals surface area contributed by atoms with Gasteiger partial charge in [-0.25, -0.2) is 9.55 Å². The summed E-state index contributed by atoms with van der Waals surface area (Å²) in [7, 11) is 0. The van der Waals surface area contributed by atoms with Gasteiger partial charge >= 0.3 is 6.18 Å². The highest BCUT2D eigenvalue weighted by atomic mass is 19.4. The minimum atomic E-state index is -4.45. The van der Waals surface area contributed by atoms with E-state index in [-0.39, 0.29) is 12.4 Å². The minimum Gasteiger partial charge on any atom is -0.477 e. The molecule has 4 heterocycles. The number of alkyl halides is 3. The summed E-state index contributed by atoms with van der Waals surface area (Å²) in [5.74, 6) is 1.65. The quantitative estimate of drug-likeness (QED) is 0.569. The molecule has 33 heavy (non-hydrogen) atoms. The number of hydrogen-bond acceptors (Lipinski definition) is 4. The lowest BCUT2D eigenvalue weighted by Gasteiger charge is -2.25. The zero-order chi connectivity index (χ0) is 23.0. The van der Waals surface area contributed by atoms with E-state index in [1.807, 2.05) is 41.1 Å². The van der Waals surface area contributed by atoms with Crippen molar-refractivity contribution in [3.63, 3.8) is 0 Å². The third kappa shape index (κ3) is 4.25. The van der Waals surface area contributed by atoms with Gasteiger partial charge in [0.05, 0.1) is 17.3 Å². The Labute approximate surface area is 190 Å². The first-order valence-corrected chi connectivity index (χ1v) is 11.0. The van der Waals surface area contributed by atoms with Crippen LogP contribution in [0.1, 0.15) is 29.5 Å². The van der Waals surface area contributed by atoms with E-state index >= 15 is 0 Å². The van der Waals surface area contributed by atoms with Crippen LogP contribution in [0.4, 0.5) is 24.8 Å². The molecule has 1 fully saturated rings. The van der Waals surface area contributed by atoms with E-state index in [2.05, 4.69) is 9.88 Å². The Bertz CT molecular complexity index is 1180. The number of rotatable bonds is 4. The van der Waals surface area contributed by atoms with Gasteiger partial charge in [-0.1, -0.05) is 18.2 Å². The number of aliphatic hydroxyl groups is 1. The van der Waals surface area contributed by atoms with Crippen LogP contribution < -0.4 is 14.4 Å². The molecule has 0 atom stereocenters. The zero-order valence-corrected chi connectivity index (χ0v) is 18.0. The number of hydrogen-bond donors (Lipinski definition) is 1. The number of aliphatic hydroxyl groups excluding tert-OH is 1. The molecular formula is C25H24F3N4O+. The van der Waals surface area contributed by atoms with Crippen molar-refractivity contribution in [2.24, 2.45) is 0 Å². The van der Waals surface area contributed by atoms with E-state index in [1.54, 1.807) is 17.2 Å². The van der Waals surface area contributed by atoms with Crippen molar-refractivity contribution >= 4 is 17.2 Å². The topological polar surface area (TPSA) is 43.5 Å². The van der Waals surface area contributed by atoms with Crippen LogP contribution in [0.3, 0.4) is 0 Å². The monoisotopic (exact) mass is 453 g/mol. The van der Waals surface area contributed by atoms with Crippen LogP contribution in [0, 0.1) is 0 Å². The van der Waals surface area contributed by atoms with Crippen molar-refractivity contribution in [1.82, 2.24) is 4.98 Å². The van der Waals surface area contributed by atoms with E-state index in [9.17, 15) is 18.3 Å². The Morgan fingerprint density at radius 1 is 1.00 bits per heavy atom. The summed E-state index contributed by atoms with van der Waals surface area (Å²) in [6.45, 7) is 2.62. The predicted molar refractivity (Wildman–Crippen MR) is 119 cm³/mol. The highest BCUT2D eigenvalue weighted by molar-refractivity contribution is 5.71. The van der Waals surface area contributed by atoms with Crippen molar-refractivity contribution in [1.29, 1.82) is 0 Å². The van der Waals surface area contributed by atoms with Crippen LogP contribution in [0.15, 0.2) is 72.9 Å². The molecule has 5 nitrogen and oxygen atoms in total. The first-order valence-electron chi connectivity index (χ1n) is 11.0. The van der Waals surface area contributed by atoms with Crippen LogP contribution in [-0.2, 0) is 19.3 Å². The van der Waals surface area contributed by atoms with Gasteiger partial charge in [-0.2, -0.15) is 18.1 Å². The van der Waals surface area contributed by atoms with Crippen molar-refractivity contribution in [2.45, 2.75) is 32.1 Å². The van der Waals surface area contributed by atoms with Gasteiger partial charge in [0.2, 0.25) is 0 Å². The largest absolute Gasteiger partial charge is 0.477 e. The summed E-state index contributed by atoms with van der Waals surface area (Å²) in [5.41, 5.74) is 0.936. The molecule has 2 aliphatic rings. The van der Waals surface area contributed by atoms with Gasteiger partial charge in [-0.15, -0.1) is 0 Å². The second-order valence-electron chi connectivity index (χ2n) is 8.37. The molecule has 1 N–H and O–H groups in total. The fourth-order valence-electron chi connectivity index (χ4n) is 4.44. The molecule has 0 bridgehead atoms. The van der Waals surface area contributed by atoms with Gasteiger partial charge in [0, 0.05) is 30.9 Å². The molecule has 3 aromatic rings. The van der Waals surface area contributed by atoms with Crippen LogP contribution in [0.5, 0.6) is 0 Å². The number of pyridine rings is 2. The average molecular weight is 453 g/mol. The minimum absolute atomic E-state index is 0.0517. The van der Waals surface area contributed by atoms with Crippen molar-refractivity contribution in [2.75, 3.05) is 22.9 Å². The van der Waals surface area contributed by atoms with Gasteiger partial charge < -0.3 is 10.0 Å². The molecule has 2 aliphatic heterocycles. The Morgan fingerprint density at radius 3 is 2.55 bits per heavy atom. The summed E-state index contributed by atoms with van der Waals surface area (Å²) < 4.78 is 41.7. The zero-order valence-electron chi connectivity index (χ0n) is 18.0. The molecule has 1 saturated heterocycles. The van der Waals surface area contributed by atoms with Gasteiger partial charge in [0.25, 0.3) is 11.7 Å². The van der Waals surface area contributed by atoms with E-state index in [0.717, 1.165) is 42.4 Å². The molecule has 8 heteroatoms. The number of benzene rings is 1. The third-order valence-electron chi connectivity index (χ3n) is 6.17. The maximum atomic E-state index is 13.3. The number of fused-ring (bicyclic) bond motifs is 1. The fraction of sp³-hybridized carbons (Fsp3) is 0.280. The van der Waals surface area contributed by atoms with E-state index in [0.29, 0.717) is 17.7 Å². The standard InChI is InChI=1S/C25H23F3N4O/c26-25(27,28)20-7-5-6-19(14-20)21-17-31-13-2-1-8-23(31)32(24(21)33)16-18-9-10-22(29-15-18)30-11-3-4-12-30/h1-2,5-10,13-15H,3-4,11-12,16-17H2/p+1. The highest BCUT2D eigenvalue weighted by Gasteiger charge is 2.35. The summed E-state index contributed by atoms with van der Waals surface area (Å²) in [6, 6.07) is 14.7. The van der Waals surface area contributed by atoms with Crippen LogP contribution in [-0.4, -0.2) is 23.2 Å². The molecule has 0 radical (unpaired) electrons. The number of aromatic nitrogens is 2. The smallest absolute Gasteiger partial charge is 0.416 e. The Morgan fingerprint density at radius 2 is 1.82 bits per heavy atom. The normalized spacial score (nSPS) is 16.3. The van der Waals surface area contributed by atoms with Gasteiger partial charge in [0.15, 0.2) is 0 Å². The molecule has 5 rings (SSSR count). The summed E-state index contributed by atoms with van der Waals surface area (Å²) in [6.07, 6.45) is 1.54. The molecule has 170 valence electrons. The Balaban J connectivity index is 1.49. The maximum absolute atomic E-state index is 13.3. The molecule has 2 aromatic heterocycles. The first-order chi connectivity index (χ1) is 15.9. The molecule has 0 aliphatic carbocycles. The number of anilines is 2. The molecular weight excluding hydrogens is 429 g/mol. The van der Waals surface area contributed by atoms with Gasteiger partial charge in [-0.3, -0.25) is 0 Å². The molecule has 0 spiro atoms. The first kappa shape index (κ1) is 21.3. The average Bonchev–Trinajstić information content (AvgIpc) is 3.36. The summed E-state index contributed by atoms with van der Waals surface area (Å²) in [5, 5.41) is 11.2. The lowest BCUT2D eigenvalue weighted by molar-refractivity contribution is -0.673. The molecule has 0 amide bonds. The van der Waals surface area contributed by atoms with Gasteiger partial charge in [-0.05, 0) is 48.7 Å². The fourth-order valence-corrected chi connectivity index (χ4v) is 4.44. The lowest BCUT2D eigenvalue weighted by Crippen LogP contribution is -2.46. The maximum Gasteiger partial charge on any atom is 0.416 e. The predicted octanol–water partition coefficient (Wildman–Crippen LogP) is 4.94. The van der Waals surface area contributed by atoms with Crippen molar-refractivity contribution in [3.8, 4) is 0 Å². The lowest BCUT2D eigenvalue weighted by atomic mass is 10.0. The second-order valence-corrected chi connectivity index (χ2v) is 8.37. The Hall–Kier alpha value is -3.55. The molecule has 1 aromatic carbocycles. The summed E-state index contributed by atoms with van der Waals surface area (Å²) in [4.78, 5) is 8.56. The van der Waals surface area contributed by atoms with Crippen molar-refractivity contribution in [3.05, 3.63) is 89.6 Å².